The van der Waals surface area contributed by atoms with Gasteiger partial charge in [-0.1, -0.05) is 19.1 Å². The lowest BCUT2D eigenvalue weighted by molar-refractivity contribution is -0.115. The summed E-state index contributed by atoms with van der Waals surface area (Å²) in [4.78, 5) is 31.5. The first kappa shape index (κ1) is 25.0. The molecule has 35 heavy (non-hydrogen) atoms. The van der Waals surface area contributed by atoms with Gasteiger partial charge in [0, 0.05) is 21.5 Å². The van der Waals surface area contributed by atoms with Gasteiger partial charge < -0.3 is 15.4 Å². The molecule has 2 aromatic carbocycles. The summed E-state index contributed by atoms with van der Waals surface area (Å²) in [6.45, 7) is 4.55. The van der Waals surface area contributed by atoms with Gasteiger partial charge >= 0.3 is 0 Å². The second kappa shape index (κ2) is 12.0. The molecule has 180 valence electrons. The second-order valence-electron chi connectivity index (χ2n) is 7.46. The Bertz CT molecular complexity index is 1270. The molecule has 6 nitrogen and oxygen atoms in total. The fourth-order valence-corrected chi connectivity index (χ4v) is 5.63. The second-order valence-corrected chi connectivity index (χ2v) is 10.5. The number of ether oxygens (including phenoxy) is 1. The summed E-state index contributed by atoms with van der Waals surface area (Å²) in [5.41, 5.74) is 2.47. The molecule has 2 amide bonds. The van der Waals surface area contributed by atoms with E-state index in [0.717, 1.165) is 21.9 Å². The predicted molar refractivity (Wildman–Crippen MR) is 146 cm³/mol. The van der Waals surface area contributed by atoms with E-state index in [2.05, 4.69) is 15.6 Å². The van der Waals surface area contributed by atoms with Crippen LogP contribution in [0.4, 0.5) is 10.8 Å². The van der Waals surface area contributed by atoms with Crippen molar-refractivity contribution in [1.29, 1.82) is 0 Å². The molecular formula is C26H25N3O3S3. The molecule has 4 rings (SSSR count). The van der Waals surface area contributed by atoms with Crippen molar-refractivity contribution in [2.24, 2.45) is 0 Å². The number of thiazole rings is 1. The number of thioether (sulfide) groups is 1. The average molecular weight is 524 g/mol. The maximum atomic E-state index is 13.0. The molecule has 0 bridgehead atoms. The van der Waals surface area contributed by atoms with Gasteiger partial charge in [0.2, 0.25) is 5.91 Å². The molecule has 0 fully saturated rings. The van der Waals surface area contributed by atoms with E-state index in [1.54, 1.807) is 6.07 Å². The van der Waals surface area contributed by atoms with Gasteiger partial charge in [0.15, 0.2) is 5.13 Å². The molecule has 2 aromatic heterocycles. The maximum absolute atomic E-state index is 13.0. The molecule has 2 N–H and O–H groups in total. The Morgan fingerprint density at radius 1 is 1.03 bits per heavy atom. The lowest BCUT2D eigenvalue weighted by atomic mass is 10.2. The first-order chi connectivity index (χ1) is 17.1. The average Bonchev–Trinajstić information content (AvgIpc) is 3.56. The number of aromatic nitrogens is 1. The highest BCUT2D eigenvalue weighted by Gasteiger charge is 2.20. The minimum atomic E-state index is -0.295. The maximum Gasteiger partial charge on any atom is 0.265 e. The van der Waals surface area contributed by atoms with Crippen LogP contribution >= 0.6 is 34.4 Å². The van der Waals surface area contributed by atoms with Crippen molar-refractivity contribution >= 4 is 57.1 Å². The molecular weight excluding hydrogens is 499 g/mol. The number of benzene rings is 2. The highest BCUT2D eigenvalue weighted by molar-refractivity contribution is 8.00. The van der Waals surface area contributed by atoms with Crippen molar-refractivity contribution in [3.05, 3.63) is 76.3 Å². The summed E-state index contributed by atoms with van der Waals surface area (Å²) in [5.74, 6) is 0.579. The number of carbonyl (C=O) groups is 2. The molecule has 1 unspecified atom stereocenters. The van der Waals surface area contributed by atoms with E-state index < -0.39 is 0 Å². The van der Waals surface area contributed by atoms with Gasteiger partial charge in [-0.15, -0.1) is 34.4 Å². The molecule has 4 aromatic rings. The first-order valence-corrected chi connectivity index (χ1v) is 13.8. The van der Waals surface area contributed by atoms with Crippen LogP contribution in [0.1, 0.15) is 29.9 Å². The zero-order chi connectivity index (χ0) is 24.6. The highest BCUT2D eigenvalue weighted by Crippen LogP contribution is 2.30. The number of carbonyl (C=O) groups excluding carboxylic acids is 2. The zero-order valence-electron chi connectivity index (χ0n) is 19.3. The molecule has 0 radical (unpaired) electrons. The van der Waals surface area contributed by atoms with E-state index >= 15 is 0 Å². The SMILES string of the molecule is CCOc1ccc(-c2csc(NC(=O)C(CC)Sc3cccc(NC(=O)c4cccs4)c3)n2)cc1. The standard InChI is InChI=1S/C26H25N3O3S3/c1-3-22(35-20-8-5-7-18(15-20)27-25(31)23-9-6-14-33-23)24(30)29-26-28-21(16-34-26)17-10-12-19(13-11-17)32-4-2/h5-16,22H,3-4H2,1-2H3,(H,27,31)(H,28,29,30). The number of rotatable bonds is 10. The fourth-order valence-electron chi connectivity index (χ4n) is 3.27. The zero-order valence-corrected chi connectivity index (χ0v) is 21.8. The molecule has 0 aliphatic heterocycles. The number of hydrogen-bond acceptors (Lipinski definition) is 7. The quantitative estimate of drug-likeness (QED) is 0.218. The van der Waals surface area contributed by atoms with Gasteiger partial charge in [-0.05, 0) is 67.3 Å². The van der Waals surface area contributed by atoms with Crippen LogP contribution in [0.3, 0.4) is 0 Å². The number of amides is 2. The molecule has 0 saturated carbocycles. The molecule has 0 aliphatic carbocycles. The fraction of sp³-hybridized carbons (Fsp3) is 0.192. The van der Waals surface area contributed by atoms with E-state index in [4.69, 9.17) is 4.74 Å². The topological polar surface area (TPSA) is 80.3 Å². The van der Waals surface area contributed by atoms with E-state index in [0.29, 0.717) is 28.7 Å². The monoisotopic (exact) mass is 523 g/mol. The number of nitrogens with one attached hydrogen (secondary N) is 2. The Labute approximate surface area is 216 Å². The van der Waals surface area contributed by atoms with Crippen LogP contribution in [0.5, 0.6) is 5.75 Å². The Kier molecular flexibility index (Phi) is 8.57. The Morgan fingerprint density at radius 3 is 2.57 bits per heavy atom. The van der Waals surface area contributed by atoms with E-state index in [-0.39, 0.29) is 17.1 Å². The number of hydrogen-bond donors (Lipinski definition) is 2. The molecule has 0 saturated heterocycles. The van der Waals surface area contributed by atoms with Crippen LogP contribution in [0.2, 0.25) is 0 Å². The van der Waals surface area contributed by atoms with Crippen LogP contribution in [0.25, 0.3) is 11.3 Å². The molecule has 0 spiro atoms. The number of anilines is 2. The van der Waals surface area contributed by atoms with Crippen molar-refractivity contribution in [2.75, 3.05) is 17.2 Å². The third-order valence-electron chi connectivity index (χ3n) is 4.97. The Morgan fingerprint density at radius 2 is 1.86 bits per heavy atom. The normalized spacial score (nSPS) is 11.6. The van der Waals surface area contributed by atoms with Gasteiger partial charge in [0.1, 0.15) is 5.75 Å². The molecule has 0 aliphatic rings. The van der Waals surface area contributed by atoms with Crippen molar-refractivity contribution in [3.63, 3.8) is 0 Å². The van der Waals surface area contributed by atoms with Crippen LogP contribution < -0.4 is 15.4 Å². The number of nitrogens with zero attached hydrogens (tertiary/aromatic N) is 1. The van der Waals surface area contributed by atoms with Crippen molar-refractivity contribution in [2.45, 2.75) is 30.4 Å². The van der Waals surface area contributed by atoms with Gasteiger partial charge in [-0.25, -0.2) is 4.98 Å². The third kappa shape index (κ3) is 6.72. The Hall–Kier alpha value is -3.14. The van der Waals surface area contributed by atoms with E-state index in [1.807, 2.05) is 79.2 Å². The first-order valence-electron chi connectivity index (χ1n) is 11.2. The third-order valence-corrected chi connectivity index (χ3v) is 7.96. The summed E-state index contributed by atoms with van der Waals surface area (Å²) in [7, 11) is 0. The molecule has 9 heteroatoms. The lowest BCUT2D eigenvalue weighted by Crippen LogP contribution is -2.24. The van der Waals surface area contributed by atoms with Crippen LogP contribution in [0.15, 0.2) is 76.3 Å². The summed E-state index contributed by atoms with van der Waals surface area (Å²) < 4.78 is 5.49. The smallest absolute Gasteiger partial charge is 0.265 e. The van der Waals surface area contributed by atoms with Gasteiger partial charge in [0.05, 0.1) is 22.4 Å². The summed E-state index contributed by atoms with van der Waals surface area (Å²) in [6.07, 6.45) is 0.652. The van der Waals surface area contributed by atoms with Crippen molar-refractivity contribution < 1.29 is 14.3 Å². The minimum Gasteiger partial charge on any atom is -0.494 e. The molecule has 1 atom stereocenters. The van der Waals surface area contributed by atoms with Crippen molar-refractivity contribution in [3.8, 4) is 17.0 Å². The number of thiophene rings is 1. The summed E-state index contributed by atoms with van der Waals surface area (Å²) in [6, 6.07) is 18.9. The van der Waals surface area contributed by atoms with Crippen molar-refractivity contribution in [1.82, 2.24) is 4.98 Å². The van der Waals surface area contributed by atoms with Crippen LogP contribution in [-0.4, -0.2) is 28.7 Å². The largest absolute Gasteiger partial charge is 0.494 e. The van der Waals surface area contributed by atoms with E-state index in [9.17, 15) is 9.59 Å². The van der Waals surface area contributed by atoms with Crippen LogP contribution in [0, 0.1) is 0 Å². The van der Waals surface area contributed by atoms with Gasteiger partial charge in [0.25, 0.3) is 5.91 Å². The summed E-state index contributed by atoms with van der Waals surface area (Å²) in [5, 5.41) is 9.94. The summed E-state index contributed by atoms with van der Waals surface area (Å²) >= 11 is 4.26. The van der Waals surface area contributed by atoms with E-state index in [1.165, 1.54) is 34.4 Å². The van der Waals surface area contributed by atoms with Crippen LogP contribution in [-0.2, 0) is 4.79 Å². The highest BCUT2D eigenvalue weighted by atomic mass is 32.2. The van der Waals surface area contributed by atoms with Gasteiger partial charge in [-0.2, -0.15) is 0 Å². The lowest BCUT2D eigenvalue weighted by Gasteiger charge is -2.14. The molecule has 2 heterocycles. The van der Waals surface area contributed by atoms with Gasteiger partial charge in [-0.3, -0.25) is 9.59 Å². The predicted octanol–water partition coefficient (Wildman–Crippen LogP) is 7.03. The minimum absolute atomic E-state index is 0.0990. The Balaban J connectivity index is 1.37.